The van der Waals surface area contributed by atoms with E-state index in [-0.39, 0.29) is 17.9 Å². The van der Waals surface area contributed by atoms with Gasteiger partial charge in [0.25, 0.3) is 0 Å². The van der Waals surface area contributed by atoms with Gasteiger partial charge in [-0.1, -0.05) is 12.1 Å². The first kappa shape index (κ1) is 19.0. The monoisotopic (exact) mass is 378 g/mol. The second kappa shape index (κ2) is 8.72. The topological polar surface area (TPSA) is 103 Å². The molecule has 0 radical (unpaired) electrons. The minimum Gasteiger partial charge on any atom is -0.497 e. The normalized spacial score (nSPS) is 11.1. The number of benzene rings is 2. The Morgan fingerprint density at radius 1 is 1.04 bits per heavy atom. The van der Waals surface area contributed by atoms with Gasteiger partial charge in [0, 0.05) is 10.9 Å². The number of rotatable bonds is 7. The summed E-state index contributed by atoms with van der Waals surface area (Å²) in [4.78, 5) is 32.9. The Labute approximate surface area is 161 Å². The van der Waals surface area contributed by atoms with Crippen molar-refractivity contribution in [1.29, 1.82) is 0 Å². The molecule has 0 atom stereocenters. The molecule has 3 rings (SSSR count). The summed E-state index contributed by atoms with van der Waals surface area (Å²) in [5.41, 5.74) is 3.84. The lowest BCUT2D eigenvalue weighted by molar-refractivity contribution is -0.132. The van der Waals surface area contributed by atoms with Crippen LogP contribution in [0.2, 0.25) is 0 Å². The summed E-state index contributed by atoms with van der Waals surface area (Å²) >= 11 is 0. The highest BCUT2D eigenvalue weighted by molar-refractivity contribution is 6.40. The number of para-hydroxylation sites is 1. The van der Waals surface area contributed by atoms with Crippen molar-refractivity contribution in [2.45, 2.75) is 6.42 Å². The molecule has 3 aromatic rings. The van der Waals surface area contributed by atoms with Crippen molar-refractivity contribution >= 4 is 34.2 Å². The minimum absolute atomic E-state index is 0.0639. The van der Waals surface area contributed by atoms with Gasteiger partial charge in [-0.25, -0.2) is 14.8 Å². The van der Waals surface area contributed by atoms with Crippen LogP contribution in [0.1, 0.15) is 16.8 Å². The number of hydrogen-bond acceptors (Lipinski definition) is 8. The summed E-state index contributed by atoms with van der Waals surface area (Å²) in [6.07, 6.45) is 1.16. The summed E-state index contributed by atoms with van der Waals surface area (Å²) in [5.74, 6) is 0.0773. The molecule has 1 heterocycles. The Balaban J connectivity index is 1.83. The van der Waals surface area contributed by atoms with E-state index in [0.717, 1.165) is 10.9 Å². The highest BCUT2D eigenvalue weighted by Gasteiger charge is 2.18. The lowest BCUT2D eigenvalue weighted by Gasteiger charge is -2.07. The zero-order valence-corrected chi connectivity index (χ0v) is 15.4. The van der Waals surface area contributed by atoms with Gasteiger partial charge in [-0.2, -0.15) is 5.10 Å². The van der Waals surface area contributed by atoms with E-state index in [4.69, 9.17) is 9.47 Å². The van der Waals surface area contributed by atoms with Gasteiger partial charge in [-0.15, -0.1) is 0 Å². The number of ether oxygens (including phenoxy) is 2. The number of hydrogen-bond donors (Lipinski definition) is 1. The van der Waals surface area contributed by atoms with Crippen LogP contribution >= 0.6 is 0 Å². The van der Waals surface area contributed by atoms with E-state index >= 15 is 0 Å². The summed E-state index contributed by atoms with van der Waals surface area (Å²) in [6, 6.07) is 14.0. The second-order valence-corrected chi connectivity index (χ2v) is 5.73. The highest BCUT2D eigenvalue weighted by Crippen LogP contribution is 2.18. The maximum atomic E-state index is 12.5. The Morgan fingerprint density at radius 3 is 2.50 bits per heavy atom. The first-order valence-corrected chi connectivity index (χ1v) is 8.40. The van der Waals surface area contributed by atoms with Crippen LogP contribution in [0.25, 0.3) is 10.9 Å². The first-order chi connectivity index (χ1) is 13.6. The number of aromatic nitrogens is 2. The Bertz CT molecular complexity index is 1030. The number of carbonyl (C=O) groups excluding carboxylic acids is 2. The molecule has 0 amide bonds. The molecule has 142 valence electrons. The molecule has 0 fully saturated rings. The summed E-state index contributed by atoms with van der Waals surface area (Å²) in [6.45, 7) is 0. The van der Waals surface area contributed by atoms with E-state index in [0.29, 0.717) is 17.1 Å². The smallest absolute Gasteiger partial charge is 0.354 e. The lowest BCUT2D eigenvalue weighted by Crippen LogP contribution is -2.21. The SMILES string of the molecule is COC(=O)/C(CC(=O)c1ccc(OC)cc1)=N\Nc1ncnc2ccccc12. The largest absolute Gasteiger partial charge is 0.497 e. The van der Waals surface area contributed by atoms with Gasteiger partial charge in [-0.3, -0.25) is 10.2 Å². The van der Waals surface area contributed by atoms with E-state index in [1.165, 1.54) is 13.4 Å². The molecule has 8 heteroatoms. The van der Waals surface area contributed by atoms with E-state index in [1.807, 2.05) is 24.3 Å². The molecule has 0 unspecified atom stereocenters. The molecule has 1 N–H and O–H groups in total. The number of esters is 1. The first-order valence-electron chi connectivity index (χ1n) is 8.40. The Hall–Kier alpha value is -3.81. The van der Waals surface area contributed by atoms with Crippen molar-refractivity contribution in [1.82, 2.24) is 9.97 Å². The predicted molar refractivity (Wildman–Crippen MR) is 105 cm³/mol. The lowest BCUT2D eigenvalue weighted by atomic mass is 10.1. The van der Waals surface area contributed by atoms with Crippen LogP contribution in [0.5, 0.6) is 5.75 Å². The molecule has 28 heavy (non-hydrogen) atoms. The van der Waals surface area contributed by atoms with Crippen LogP contribution in [0, 0.1) is 0 Å². The second-order valence-electron chi connectivity index (χ2n) is 5.73. The van der Waals surface area contributed by atoms with Crippen molar-refractivity contribution in [2.24, 2.45) is 5.10 Å². The van der Waals surface area contributed by atoms with Crippen molar-refractivity contribution < 1.29 is 19.1 Å². The zero-order valence-electron chi connectivity index (χ0n) is 15.4. The number of nitrogens with zero attached hydrogens (tertiary/aromatic N) is 3. The van der Waals surface area contributed by atoms with Crippen LogP contribution in [-0.4, -0.2) is 41.7 Å². The van der Waals surface area contributed by atoms with Gasteiger partial charge >= 0.3 is 5.97 Å². The molecule has 8 nitrogen and oxygen atoms in total. The molecule has 0 aliphatic heterocycles. The predicted octanol–water partition coefficient (Wildman–Crippen LogP) is 2.85. The Kier molecular flexibility index (Phi) is 5.91. The summed E-state index contributed by atoms with van der Waals surface area (Å²) in [5, 5.41) is 4.81. The fraction of sp³-hybridized carbons (Fsp3) is 0.150. The van der Waals surface area contributed by atoms with Gasteiger partial charge in [0.15, 0.2) is 17.3 Å². The number of nitrogens with one attached hydrogen (secondary N) is 1. The van der Waals surface area contributed by atoms with Crippen molar-refractivity contribution in [3.05, 3.63) is 60.4 Å². The van der Waals surface area contributed by atoms with Gasteiger partial charge in [-0.05, 0) is 36.4 Å². The van der Waals surface area contributed by atoms with Crippen molar-refractivity contribution in [3.63, 3.8) is 0 Å². The summed E-state index contributed by atoms with van der Waals surface area (Å²) in [7, 11) is 2.77. The average molecular weight is 378 g/mol. The van der Waals surface area contributed by atoms with Crippen LogP contribution < -0.4 is 10.2 Å². The van der Waals surface area contributed by atoms with Crippen molar-refractivity contribution in [3.8, 4) is 5.75 Å². The zero-order chi connectivity index (χ0) is 19.9. The molecule has 2 aromatic carbocycles. The molecule has 0 aliphatic carbocycles. The third kappa shape index (κ3) is 4.29. The average Bonchev–Trinajstić information content (AvgIpc) is 2.75. The van der Waals surface area contributed by atoms with Gasteiger partial charge in [0.2, 0.25) is 0 Å². The molecule has 0 saturated carbocycles. The number of fused-ring (bicyclic) bond motifs is 1. The van der Waals surface area contributed by atoms with Crippen LogP contribution in [0.3, 0.4) is 0 Å². The number of Topliss-reactive ketones (excluding diaryl/α,β-unsaturated/α-hetero) is 1. The van der Waals surface area contributed by atoms with Crippen molar-refractivity contribution in [2.75, 3.05) is 19.6 Å². The molecule has 0 spiro atoms. The third-order valence-corrected chi connectivity index (χ3v) is 4.00. The van der Waals surface area contributed by atoms with E-state index in [9.17, 15) is 9.59 Å². The quantitative estimate of drug-likeness (QED) is 0.292. The standard InChI is InChI=1S/C20H18N4O4/c1-27-14-9-7-13(8-10-14)18(25)11-17(20(26)28-2)23-24-19-15-5-3-4-6-16(15)21-12-22-19/h3-10,12H,11H2,1-2H3,(H,21,22,24)/b23-17-. The van der Waals surface area contributed by atoms with Gasteiger partial charge in [0.1, 0.15) is 12.1 Å². The van der Waals surface area contributed by atoms with Gasteiger partial charge < -0.3 is 9.47 Å². The molecular formula is C20H18N4O4. The van der Waals surface area contributed by atoms with E-state index in [1.54, 1.807) is 31.4 Å². The van der Waals surface area contributed by atoms with Crippen LogP contribution in [-0.2, 0) is 9.53 Å². The molecule has 0 bridgehead atoms. The third-order valence-electron chi connectivity index (χ3n) is 4.00. The maximum Gasteiger partial charge on any atom is 0.354 e. The van der Waals surface area contributed by atoms with E-state index < -0.39 is 5.97 Å². The number of hydrazone groups is 1. The molecular weight excluding hydrogens is 360 g/mol. The molecule has 0 aliphatic rings. The molecule has 1 aromatic heterocycles. The maximum absolute atomic E-state index is 12.5. The highest BCUT2D eigenvalue weighted by atomic mass is 16.5. The number of carbonyl (C=O) groups is 2. The fourth-order valence-corrected chi connectivity index (χ4v) is 2.52. The number of anilines is 1. The Morgan fingerprint density at radius 2 is 1.79 bits per heavy atom. The summed E-state index contributed by atoms with van der Waals surface area (Å²) < 4.78 is 9.82. The van der Waals surface area contributed by atoms with E-state index in [2.05, 4.69) is 20.5 Å². The van der Waals surface area contributed by atoms with Crippen LogP contribution in [0.4, 0.5) is 5.82 Å². The van der Waals surface area contributed by atoms with Gasteiger partial charge in [0.05, 0.1) is 26.2 Å². The van der Waals surface area contributed by atoms with Crippen LogP contribution in [0.15, 0.2) is 60.0 Å². The number of methoxy groups -OCH3 is 2. The molecule has 0 saturated heterocycles. The fourth-order valence-electron chi connectivity index (χ4n) is 2.52. The number of ketones is 1. The minimum atomic E-state index is -0.701.